The van der Waals surface area contributed by atoms with Crippen LogP contribution in [0.15, 0.2) is 144 Å². The van der Waals surface area contributed by atoms with E-state index >= 15 is 4.39 Å². The second-order valence-corrected chi connectivity index (χ2v) is 27.2. The van der Waals surface area contributed by atoms with Gasteiger partial charge < -0.3 is 13.7 Å². The summed E-state index contributed by atoms with van der Waals surface area (Å²) in [7, 11) is -10.6. The Morgan fingerprint density at radius 2 is 1.05 bits per heavy atom. The molecule has 0 aliphatic rings. The van der Waals surface area contributed by atoms with E-state index in [9.17, 15) is 8.42 Å². The Bertz CT molecular complexity index is 2170. The molecular formula is C44H49Cl3FNO6SSi2. The fourth-order valence-electron chi connectivity index (χ4n) is 7.50. The van der Waals surface area contributed by atoms with Gasteiger partial charge in [0, 0.05) is 0 Å². The molecule has 7 nitrogen and oxygen atoms in total. The number of alkyl halides is 1. The van der Waals surface area contributed by atoms with Crippen molar-refractivity contribution in [3.63, 3.8) is 0 Å². The van der Waals surface area contributed by atoms with E-state index < -0.39 is 66.7 Å². The zero-order valence-electron chi connectivity index (χ0n) is 33.5. The monoisotopic (exact) mass is 899 g/mol. The first-order valence-electron chi connectivity index (χ1n) is 18.7. The highest BCUT2D eigenvalue weighted by Crippen LogP contribution is 2.41. The summed E-state index contributed by atoms with van der Waals surface area (Å²) >= 11 is 19.1. The molecule has 0 aliphatic heterocycles. The van der Waals surface area contributed by atoms with Crippen molar-refractivity contribution in [1.82, 2.24) is 0 Å². The summed E-state index contributed by atoms with van der Waals surface area (Å²) in [5, 5.41) is 5.86. The van der Waals surface area contributed by atoms with E-state index in [0.29, 0.717) is 0 Å². The summed E-state index contributed by atoms with van der Waals surface area (Å²) in [5.74, 6) is 0. The number of oxime groups is 1. The van der Waals surface area contributed by atoms with E-state index in [0.717, 1.165) is 33.0 Å². The van der Waals surface area contributed by atoms with Crippen LogP contribution in [0.2, 0.25) is 25.1 Å². The Kier molecular flexibility index (Phi) is 14.9. The summed E-state index contributed by atoms with van der Waals surface area (Å²) in [5.41, 5.74) is 0. The van der Waals surface area contributed by atoms with Gasteiger partial charge in [0.1, 0.15) is 24.2 Å². The lowest BCUT2D eigenvalue weighted by molar-refractivity contribution is -0.00618. The average Bonchev–Trinajstić information content (AvgIpc) is 3.19. The predicted molar refractivity (Wildman–Crippen MR) is 240 cm³/mol. The van der Waals surface area contributed by atoms with E-state index in [4.69, 9.17) is 52.7 Å². The summed E-state index contributed by atoms with van der Waals surface area (Å²) < 4.78 is 67.4. The summed E-state index contributed by atoms with van der Waals surface area (Å²) in [4.78, 5) is 4.50. The standard InChI is InChI=1S/C44H49Cl3FNO6SSi2/c1-43(2,3)57(32-20-12-8-13-21-32,33-22-14-9-15-23-33)53-31-40(54-56(50,51)41-29-37(46)36(45)28-38(41)47)42(39(48)30-49-52-7)55-58(44(4,5)6,34-24-16-10-17-25-34)35-26-18-11-19-27-35/h8-30,39-40,42H,31H2,1-7H3/t39-,40+,42-/m0/s1. The molecule has 5 rings (SSSR count). The fraction of sp³-hybridized carbons (Fsp3) is 0.295. The molecule has 0 aromatic heterocycles. The number of hydrogen-bond acceptors (Lipinski definition) is 7. The molecule has 0 saturated heterocycles. The third kappa shape index (κ3) is 9.64. The minimum Gasteiger partial charge on any atom is -0.405 e. The van der Waals surface area contributed by atoms with Crippen molar-refractivity contribution < 1.29 is 30.7 Å². The first-order valence-corrected chi connectivity index (χ1v) is 25.1. The summed E-state index contributed by atoms with van der Waals surface area (Å²) in [6.07, 6.45) is -4.42. The fourth-order valence-corrected chi connectivity index (χ4v) is 18.8. The van der Waals surface area contributed by atoms with Gasteiger partial charge in [-0.15, -0.1) is 0 Å². The van der Waals surface area contributed by atoms with Crippen molar-refractivity contribution in [1.29, 1.82) is 0 Å². The molecule has 5 aromatic rings. The molecule has 5 aromatic carbocycles. The van der Waals surface area contributed by atoms with Crippen molar-refractivity contribution in [2.75, 3.05) is 13.7 Å². The minimum atomic E-state index is -4.83. The highest BCUT2D eigenvalue weighted by Gasteiger charge is 2.55. The van der Waals surface area contributed by atoms with Gasteiger partial charge in [-0.25, -0.2) is 4.39 Å². The lowest BCUT2D eigenvalue weighted by Gasteiger charge is -2.47. The average molecular weight is 901 g/mol. The summed E-state index contributed by atoms with van der Waals surface area (Å²) in [6, 6.07) is 41.2. The van der Waals surface area contributed by atoms with Gasteiger partial charge in [-0.3, -0.25) is 4.18 Å². The van der Waals surface area contributed by atoms with Crippen LogP contribution in [0.3, 0.4) is 0 Å². The van der Waals surface area contributed by atoms with Crippen LogP contribution in [-0.2, 0) is 28.0 Å². The van der Waals surface area contributed by atoms with Crippen LogP contribution in [0.5, 0.6) is 0 Å². The van der Waals surface area contributed by atoms with Crippen molar-refractivity contribution in [3.8, 4) is 0 Å². The zero-order valence-corrected chi connectivity index (χ0v) is 38.6. The first kappa shape index (κ1) is 45.7. The summed E-state index contributed by atoms with van der Waals surface area (Å²) in [6.45, 7) is 11.9. The lowest BCUT2D eigenvalue weighted by atomic mass is 10.1. The highest BCUT2D eigenvalue weighted by molar-refractivity contribution is 7.87. The zero-order chi connectivity index (χ0) is 42.4. The smallest absolute Gasteiger partial charge is 0.298 e. The maximum absolute atomic E-state index is 17.4. The van der Waals surface area contributed by atoms with Crippen LogP contribution < -0.4 is 20.7 Å². The van der Waals surface area contributed by atoms with Crippen molar-refractivity contribution in [3.05, 3.63) is 149 Å². The van der Waals surface area contributed by atoms with Gasteiger partial charge in [-0.2, -0.15) is 8.42 Å². The third-order valence-corrected chi connectivity index (χ3v) is 22.7. The molecular weight excluding hydrogens is 852 g/mol. The molecule has 0 bridgehead atoms. The van der Waals surface area contributed by atoms with Gasteiger partial charge in [0.05, 0.1) is 27.9 Å². The molecule has 3 atom stereocenters. The predicted octanol–water partition coefficient (Wildman–Crippen LogP) is 9.21. The van der Waals surface area contributed by atoms with Crippen LogP contribution in [0.4, 0.5) is 4.39 Å². The Hall–Kier alpha value is -3.37. The molecule has 0 N–H and O–H groups in total. The number of rotatable bonds is 16. The second kappa shape index (κ2) is 18.9. The van der Waals surface area contributed by atoms with Crippen LogP contribution in [0, 0.1) is 0 Å². The molecule has 308 valence electrons. The van der Waals surface area contributed by atoms with Crippen molar-refractivity contribution in [2.24, 2.45) is 5.16 Å². The van der Waals surface area contributed by atoms with Crippen molar-refractivity contribution in [2.45, 2.75) is 74.9 Å². The molecule has 0 radical (unpaired) electrons. The molecule has 58 heavy (non-hydrogen) atoms. The maximum Gasteiger partial charge on any atom is 0.298 e. The molecule has 0 heterocycles. The number of halogens is 4. The highest BCUT2D eigenvalue weighted by atomic mass is 35.5. The molecule has 14 heteroatoms. The molecule has 0 fully saturated rings. The van der Waals surface area contributed by atoms with Gasteiger partial charge in [-0.1, -0.05) is 203 Å². The van der Waals surface area contributed by atoms with Gasteiger partial charge >= 0.3 is 0 Å². The molecule has 0 saturated carbocycles. The van der Waals surface area contributed by atoms with E-state index in [1.807, 2.05) is 142 Å². The van der Waals surface area contributed by atoms with Crippen LogP contribution in [0.25, 0.3) is 0 Å². The normalized spacial score (nSPS) is 14.6. The third-order valence-electron chi connectivity index (χ3n) is 10.1. The van der Waals surface area contributed by atoms with Crippen LogP contribution in [-0.4, -0.2) is 63.4 Å². The van der Waals surface area contributed by atoms with Crippen molar-refractivity contribution >= 4 is 88.5 Å². The SMILES string of the molecule is CON=C[C@H](F)[C@H](O[Si](c1ccccc1)(c1ccccc1)C(C)(C)C)[C@@H](CO[Si](c1ccccc1)(c1ccccc1)C(C)(C)C)OS(=O)(=O)c1cc(Cl)c(Cl)cc1Cl. The molecule has 0 spiro atoms. The second-order valence-electron chi connectivity index (χ2n) is 15.9. The van der Waals surface area contributed by atoms with E-state index in [2.05, 4.69) is 25.9 Å². The Balaban J connectivity index is 1.80. The molecule has 0 aliphatic carbocycles. The van der Waals surface area contributed by atoms with Crippen LogP contribution >= 0.6 is 34.8 Å². The molecule has 0 amide bonds. The largest absolute Gasteiger partial charge is 0.405 e. The maximum atomic E-state index is 17.4. The van der Waals surface area contributed by atoms with Gasteiger partial charge in [0.25, 0.3) is 26.8 Å². The lowest BCUT2D eigenvalue weighted by Crippen LogP contribution is -2.70. The Labute approximate surface area is 359 Å². The Morgan fingerprint density at radius 3 is 1.45 bits per heavy atom. The number of nitrogens with zero attached hydrogens (tertiary/aromatic N) is 1. The topological polar surface area (TPSA) is 83.4 Å². The van der Waals surface area contributed by atoms with E-state index in [1.165, 1.54) is 13.2 Å². The minimum absolute atomic E-state index is 0.0460. The van der Waals surface area contributed by atoms with Gasteiger partial charge in [0.2, 0.25) is 0 Å². The quantitative estimate of drug-likeness (QED) is 0.0323. The molecule has 0 unspecified atom stereocenters. The van der Waals surface area contributed by atoms with E-state index in [-0.39, 0.29) is 15.1 Å². The number of benzene rings is 5. The number of hydrogen-bond donors (Lipinski definition) is 0. The first-order chi connectivity index (χ1) is 27.4. The van der Waals surface area contributed by atoms with Gasteiger partial charge in [0.15, 0.2) is 6.17 Å². The van der Waals surface area contributed by atoms with Gasteiger partial charge in [-0.05, 0) is 43.0 Å². The van der Waals surface area contributed by atoms with Crippen LogP contribution in [0.1, 0.15) is 41.5 Å². The Morgan fingerprint density at radius 1 is 0.655 bits per heavy atom. The van der Waals surface area contributed by atoms with E-state index in [1.54, 1.807) is 0 Å².